The highest BCUT2D eigenvalue weighted by molar-refractivity contribution is 5.87. The molecule has 4 heteroatoms. The number of hydrogen-bond acceptors (Lipinski definition) is 4. The molecule has 2 aromatic rings. The minimum Gasteiger partial charge on any atom is -0.464 e. The molecule has 1 N–H and O–H groups in total. The number of aromatic nitrogens is 1. The van der Waals surface area contributed by atoms with Gasteiger partial charge in [-0.3, -0.25) is 0 Å². The zero-order chi connectivity index (χ0) is 12.8. The molecular formula is C14H20N2O2. The Morgan fingerprint density at radius 1 is 1.39 bits per heavy atom. The van der Waals surface area contributed by atoms with Crippen molar-refractivity contribution in [2.45, 2.75) is 20.3 Å². The molecule has 0 radical (unpaired) electrons. The normalized spacial score (nSPS) is 11.3. The fourth-order valence-corrected chi connectivity index (χ4v) is 1.74. The van der Waals surface area contributed by atoms with Crippen LogP contribution in [0.25, 0.3) is 11.0 Å². The van der Waals surface area contributed by atoms with Crippen LogP contribution in [0.5, 0.6) is 0 Å². The molecule has 0 aliphatic heterocycles. The fraction of sp³-hybridized carbons (Fsp3) is 0.500. The van der Waals surface area contributed by atoms with Crippen molar-refractivity contribution < 1.29 is 9.15 Å². The smallest absolute Gasteiger partial charge is 0.139 e. The van der Waals surface area contributed by atoms with E-state index >= 15 is 0 Å². The first-order chi connectivity index (χ1) is 8.77. The number of hydrogen-bond donors (Lipinski definition) is 1. The molecule has 0 saturated carbocycles. The lowest BCUT2D eigenvalue weighted by atomic mass is 10.2. The van der Waals surface area contributed by atoms with Crippen molar-refractivity contribution in [2.24, 2.45) is 5.92 Å². The molecule has 0 spiro atoms. The highest BCUT2D eigenvalue weighted by Gasteiger charge is 2.03. The van der Waals surface area contributed by atoms with Crippen molar-refractivity contribution >= 4 is 16.8 Å². The van der Waals surface area contributed by atoms with E-state index in [9.17, 15) is 0 Å². The Morgan fingerprint density at radius 2 is 2.28 bits per heavy atom. The molecule has 98 valence electrons. The van der Waals surface area contributed by atoms with Gasteiger partial charge in [0.1, 0.15) is 11.4 Å². The van der Waals surface area contributed by atoms with E-state index in [2.05, 4.69) is 24.1 Å². The van der Waals surface area contributed by atoms with Crippen LogP contribution in [-0.2, 0) is 4.74 Å². The van der Waals surface area contributed by atoms with Crippen LogP contribution in [-0.4, -0.2) is 24.7 Å². The number of pyridine rings is 1. The molecular weight excluding hydrogens is 228 g/mol. The van der Waals surface area contributed by atoms with Crippen molar-refractivity contribution in [3.8, 4) is 0 Å². The van der Waals surface area contributed by atoms with E-state index in [0.717, 1.165) is 43.0 Å². The molecule has 0 fully saturated rings. The quantitative estimate of drug-likeness (QED) is 0.764. The third-order valence-electron chi connectivity index (χ3n) is 2.59. The molecule has 0 amide bonds. The summed E-state index contributed by atoms with van der Waals surface area (Å²) >= 11 is 0. The number of rotatable bonds is 7. The highest BCUT2D eigenvalue weighted by Crippen LogP contribution is 2.21. The standard InChI is InChI=1S/C14H20N2O2/c1-11(2)10-17-8-3-6-15-14-12-5-9-18-13(12)4-7-16-14/h4-5,7,9,11H,3,6,8,10H2,1-2H3,(H,15,16). The van der Waals surface area contributed by atoms with Crippen molar-refractivity contribution in [1.29, 1.82) is 0 Å². The number of furan rings is 1. The van der Waals surface area contributed by atoms with Crippen molar-refractivity contribution in [3.05, 3.63) is 24.6 Å². The summed E-state index contributed by atoms with van der Waals surface area (Å²) < 4.78 is 10.9. The highest BCUT2D eigenvalue weighted by atomic mass is 16.5. The van der Waals surface area contributed by atoms with Gasteiger partial charge in [-0.2, -0.15) is 0 Å². The first kappa shape index (κ1) is 12.9. The number of nitrogens with one attached hydrogen (secondary N) is 1. The van der Waals surface area contributed by atoms with E-state index in [1.807, 2.05) is 12.1 Å². The maximum Gasteiger partial charge on any atom is 0.139 e. The molecule has 2 heterocycles. The minimum atomic E-state index is 0.597. The number of fused-ring (bicyclic) bond motifs is 1. The molecule has 0 aliphatic rings. The predicted molar refractivity (Wildman–Crippen MR) is 72.8 cm³/mol. The van der Waals surface area contributed by atoms with Gasteiger partial charge in [-0.25, -0.2) is 4.98 Å². The van der Waals surface area contributed by atoms with E-state index in [1.54, 1.807) is 12.5 Å². The van der Waals surface area contributed by atoms with Crippen LogP contribution in [0.15, 0.2) is 29.0 Å². The van der Waals surface area contributed by atoms with Gasteiger partial charge in [0.2, 0.25) is 0 Å². The number of anilines is 1. The second kappa shape index (κ2) is 6.40. The van der Waals surface area contributed by atoms with E-state index in [4.69, 9.17) is 9.15 Å². The fourth-order valence-electron chi connectivity index (χ4n) is 1.74. The molecule has 0 unspecified atom stereocenters. The van der Waals surface area contributed by atoms with Crippen LogP contribution in [0, 0.1) is 5.92 Å². The molecule has 0 aromatic carbocycles. The Labute approximate surface area is 107 Å². The summed E-state index contributed by atoms with van der Waals surface area (Å²) in [4.78, 5) is 4.31. The SMILES string of the molecule is CC(C)COCCCNc1nccc2occc12. The maximum atomic E-state index is 5.53. The topological polar surface area (TPSA) is 47.3 Å². The molecule has 0 saturated heterocycles. The van der Waals surface area contributed by atoms with Gasteiger partial charge in [-0.05, 0) is 24.5 Å². The average molecular weight is 248 g/mol. The Morgan fingerprint density at radius 3 is 3.11 bits per heavy atom. The second-order valence-corrected chi connectivity index (χ2v) is 4.74. The summed E-state index contributed by atoms with van der Waals surface area (Å²) in [6.45, 7) is 6.78. The molecule has 18 heavy (non-hydrogen) atoms. The maximum absolute atomic E-state index is 5.53. The van der Waals surface area contributed by atoms with Crippen molar-refractivity contribution in [2.75, 3.05) is 25.1 Å². The van der Waals surface area contributed by atoms with Gasteiger partial charge in [0.25, 0.3) is 0 Å². The van der Waals surface area contributed by atoms with Crippen LogP contribution in [0.3, 0.4) is 0 Å². The second-order valence-electron chi connectivity index (χ2n) is 4.74. The largest absolute Gasteiger partial charge is 0.464 e. The van der Waals surface area contributed by atoms with Gasteiger partial charge in [-0.15, -0.1) is 0 Å². The van der Waals surface area contributed by atoms with Crippen molar-refractivity contribution in [3.63, 3.8) is 0 Å². The lowest BCUT2D eigenvalue weighted by Crippen LogP contribution is -2.09. The monoisotopic (exact) mass is 248 g/mol. The number of nitrogens with zero attached hydrogens (tertiary/aromatic N) is 1. The Kier molecular flexibility index (Phi) is 4.59. The lowest BCUT2D eigenvalue weighted by Gasteiger charge is -2.08. The number of ether oxygens (including phenoxy) is 1. The molecule has 2 rings (SSSR count). The van der Waals surface area contributed by atoms with Gasteiger partial charge in [0, 0.05) is 26.0 Å². The minimum absolute atomic E-state index is 0.597. The molecule has 0 atom stereocenters. The van der Waals surface area contributed by atoms with Crippen LogP contribution in [0.1, 0.15) is 20.3 Å². The van der Waals surface area contributed by atoms with Gasteiger partial charge < -0.3 is 14.5 Å². The van der Waals surface area contributed by atoms with Crippen LogP contribution in [0.4, 0.5) is 5.82 Å². The lowest BCUT2D eigenvalue weighted by molar-refractivity contribution is 0.110. The third-order valence-corrected chi connectivity index (χ3v) is 2.59. The Hall–Kier alpha value is -1.55. The van der Waals surface area contributed by atoms with Crippen LogP contribution >= 0.6 is 0 Å². The van der Waals surface area contributed by atoms with E-state index in [0.29, 0.717) is 5.92 Å². The van der Waals surface area contributed by atoms with Gasteiger partial charge in [-0.1, -0.05) is 13.8 Å². The zero-order valence-electron chi connectivity index (χ0n) is 11.0. The van der Waals surface area contributed by atoms with Gasteiger partial charge in [0.15, 0.2) is 0 Å². The Bertz CT molecular complexity index is 479. The van der Waals surface area contributed by atoms with E-state index < -0.39 is 0 Å². The molecule has 0 bridgehead atoms. The van der Waals surface area contributed by atoms with E-state index in [-0.39, 0.29) is 0 Å². The molecule has 0 aliphatic carbocycles. The summed E-state index contributed by atoms with van der Waals surface area (Å²) in [5.74, 6) is 1.48. The predicted octanol–water partition coefficient (Wildman–Crippen LogP) is 3.30. The van der Waals surface area contributed by atoms with Crippen LogP contribution < -0.4 is 5.32 Å². The molecule has 2 aromatic heterocycles. The first-order valence-corrected chi connectivity index (χ1v) is 6.41. The summed E-state index contributed by atoms with van der Waals surface area (Å²) in [6.07, 6.45) is 4.41. The van der Waals surface area contributed by atoms with Crippen molar-refractivity contribution in [1.82, 2.24) is 4.98 Å². The summed E-state index contributed by atoms with van der Waals surface area (Å²) in [5.41, 5.74) is 0.864. The van der Waals surface area contributed by atoms with Gasteiger partial charge >= 0.3 is 0 Å². The summed E-state index contributed by atoms with van der Waals surface area (Å²) in [5, 5.41) is 4.34. The summed E-state index contributed by atoms with van der Waals surface area (Å²) in [7, 11) is 0. The Balaban J connectivity index is 1.75. The summed E-state index contributed by atoms with van der Waals surface area (Å²) in [6, 6.07) is 3.80. The zero-order valence-corrected chi connectivity index (χ0v) is 11.0. The first-order valence-electron chi connectivity index (χ1n) is 6.41. The average Bonchev–Trinajstić information content (AvgIpc) is 2.82. The molecule has 4 nitrogen and oxygen atoms in total. The third kappa shape index (κ3) is 3.47. The van der Waals surface area contributed by atoms with E-state index in [1.165, 1.54) is 0 Å². The van der Waals surface area contributed by atoms with Crippen LogP contribution in [0.2, 0.25) is 0 Å². The van der Waals surface area contributed by atoms with Gasteiger partial charge in [0.05, 0.1) is 11.6 Å².